The van der Waals surface area contributed by atoms with Gasteiger partial charge in [0.15, 0.2) is 5.57 Å². The Morgan fingerprint density at radius 3 is 2.74 bits per heavy atom. The molecular weight excluding hydrogens is 262 g/mol. The van der Waals surface area contributed by atoms with Crippen LogP contribution < -0.4 is 10.6 Å². The SMILES string of the molecule is CCOC(=O)/C(C#N)=C(/NCC1CCNCC1)SC. The average molecular weight is 283 g/mol. The van der Waals surface area contributed by atoms with E-state index in [1.807, 2.05) is 12.3 Å². The zero-order valence-corrected chi connectivity index (χ0v) is 12.3. The summed E-state index contributed by atoms with van der Waals surface area (Å²) in [6.45, 7) is 4.87. The molecule has 0 aromatic rings. The van der Waals surface area contributed by atoms with Crippen LogP contribution in [0.2, 0.25) is 0 Å². The smallest absolute Gasteiger partial charge is 0.351 e. The predicted octanol–water partition coefficient (Wildman–Crippen LogP) is 1.24. The minimum Gasteiger partial charge on any atom is -0.462 e. The lowest BCUT2D eigenvalue weighted by molar-refractivity contribution is -0.138. The van der Waals surface area contributed by atoms with Crippen molar-refractivity contribution in [1.82, 2.24) is 10.6 Å². The molecule has 0 spiro atoms. The maximum absolute atomic E-state index is 11.7. The normalized spacial score (nSPS) is 17.3. The zero-order valence-electron chi connectivity index (χ0n) is 11.5. The second-order valence-electron chi connectivity index (χ2n) is 4.31. The molecule has 1 aliphatic rings. The Labute approximate surface area is 118 Å². The number of hydrogen-bond donors (Lipinski definition) is 2. The highest BCUT2D eigenvalue weighted by Crippen LogP contribution is 2.17. The van der Waals surface area contributed by atoms with Gasteiger partial charge in [0.25, 0.3) is 0 Å². The fourth-order valence-electron chi connectivity index (χ4n) is 1.98. The lowest BCUT2D eigenvalue weighted by Crippen LogP contribution is -2.33. The number of nitrogens with one attached hydrogen (secondary N) is 2. The summed E-state index contributed by atoms with van der Waals surface area (Å²) in [7, 11) is 0. The summed E-state index contributed by atoms with van der Waals surface area (Å²) >= 11 is 1.37. The van der Waals surface area contributed by atoms with Crippen LogP contribution in [-0.2, 0) is 9.53 Å². The van der Waals surface area contributed by atoms with Gasteiger partial charge in [-0.3, -0.25) is 0 Å². The average Bonchev–Trinajstić information content (AvgIpc) is 2.44. The summed E-state index contributed by atoms with van der Waals surface area (Å²) in [5.74, 6) is 0.0395. The van der Waals surface area contributed by atoms with E-state index in [0.29, 0.717) is 10.9 Å². The molecule has 1 fully saturated rings. The van der Waals surface area contributed by atoms with Crippen LogP contribution in [0.15, 0.2) is 10.6 Å². The molecule has 0 aromatic heterocycles. The summed E-state index contributed by atoms with van der Waals surface area (Å²) in [4.78, 5) is 11.7. The monoisotopic (exact) mass is 283 g/mol. The highest BCUT2D eigenvalue weighted by atomic mass is 32.2. The number of piperidine rings is 1. The lowest BCUT2D eigenvalue weighted by Gasteiger charge is -2.23. The van der Waals surface area contributed by atoms with Crippen LogP contribution in [0, 0.1) is 17.2 Å². The number of thioether (sulfide) groups is 1. The molecule has 1 rings (SSSR count). The Balaban J connectivity index is 2.62. The molecule has 2 N–H and O–H groups in total. The molecule has 0 aliphatic carbocycles. The van der Waals surface area contributed by atoms with E-state index in [4.69, 9.17) is 10.00 Å². The fraction of sp³-hybridized carbons (Fsp3) is 0.692. The van der Waals surface area contributed by atoms with Gasteiger partial charge in [0, 0.05) is 6.54 Å². The molecule has 1 heterocycles. The first-order valence-corrected chi connectivity index (χ1v) is 7.75. The van der Waals surface area contributed by atoms with Crippen molar-refractivity contribution in [1.29, 1.82) is 5.26 Å². The highest BCUT2D eigenvalue weighted by molar-refractivity contribution is 8.02. The Hall–Kier alpha value is -1.19. The van der Waals surface area contributed by atoms with Crippen LogP contribution in [0.3, 0.4) is 0 Å². The van der Waals surface area contributed by atoms with Gasteiger partial charge in [-0.2, -0.15) is 5.26 Å². The topological polar surface area (TPSA) is 74.2 Å². The Morgan fingerprint density at radius 1 is 1.53 bits per heavy atom. The first-order chi connectivity index (χ1) is 9.22. The number of ether oxygens (including phenoxy) is 1. The van der Waals surface area contributed by atoms with E-state index < -0.39 is 5.97 Å². The van der Waals surface area contributed by atoms with Crippen LogP contribution in [-0.4, -0.2) is 38.5 Å². The third-order valence-corrected chi connectivity index (χ3v) is 3.79. The molecule has 0 amide bonds. The number of carbonyl (C=O) groups excluding carboxylic acids is 1. The largest absolute Gasteiger partial charge is 0.462 e. The van der Waals surface area contributed by atoms with Crippen molar-refractivity contribution in [2.75, 3.05) is 32.5 Å². The zero-order chi connectivity index (χ0) is 14.1. The molecule has 6 heteroatoms. The molecule has 1 aliphatic heterocycles. The van der Waals surface area contributed by atoms with Crippen molar-refractivity contribution in [2.45, 2.75) is 19.8 Å². The third-order valence-electron chi connectivity index (χ3n) is 3.03. The number of hydrogen-bond acceptors (Lipinski definition) is 6. The van der Waals surface area contributed by atoms with Gasteiger partial charge in [-0.1, -0.05) is 0 Å². The van der Waals surface area contributed by atoms with E-state index in [1.165, 1.54) is 11.8 Å². The molecule has 19 heavy (non-hydrogen) atoms. The van der Waals surface area contributed by atoms with Gasteiger partial charge in [-0.25, -0.2) is 4.79 Å². The van der Waals surface area contributed by atoms with Crippen molar-refractivity contribution in [3.8, 4) is 6.07 Å². The minimum atomic E-state index is -0.549. The first kappa shape index (κ1) is 15.9. The van der Waals surface area contributed by atoms with Gasteiger partial charge in [0.05, 0.1) is 11.6 Å². The number of nitriles is 1. The van der Waals surface area contributed by atoms with Crippen molar-refractivity contribution >= 4 is 17.7 Å². The Bertz CT molecular complexity index is 371. The van der Waals surface area contributed by atoms with Crippen LogP contribution in [0.25, 0.3) is 0 Å². The molecule has 0 radical (unpaired) electrons. The molecule has 0 unspecified atom stereocenters. The molecule has 0 aromatic carbocycles. The second kappa shape index (κ2) is 8.83. The van der Waals surface area contributed by atoms with Crippen LogP contribution in [0.5, 0.6) is 0 Å². The van der Waals surface area contributed by atoms with E-state index in [9.17, 15) is 4.79 Å². The van der Waals surface area contributed by atoms with Crippen molar-refractivity contribution in [2.24, 2.45) is 5.92 Å². The van der Waals surface area contributed by atoms with E-state index in [0.717, 1.165) is 32.5 Å². The molecule has 5 nitrogen and oxygen atoms in total. The number of nitrogens with zero attached hydrogens (tertiary/aromatic N) is 1. The summed E-state index contributed by atoms with van der Waals surface area (Å²) in [5, 5.41) is 16.2. The number of rotatable bonds is 6. The van der Waals surface area contributed by atoms with E-state index in [2.05, 4.69) is 10.6 Å². The Morgan fingerprint density at radius 2 is 2.21 bits per heavy atom. The van der Waals surface area contributed by atoms with Gasteiger partial charge in [-0.15, -0.1) is 11.8 Å². The molecule has 0 atom stereocenters. The summed E-state index contributed by atoms with van der Waals surface area (Å²) in [5.41, 5.74) is 0.0725. The highest BCUT2D eigenvalue weighted by Gasteiger charge is 2.18. The third kappa shape index (κ3) is 5.13. The molecule has 1 saturated heterocycles. The molecule has 106 valence electrons. The molecular formula is C13H21N3O2S. The van der Waals surface area contributed by atoms with Gasteiger partial charge in [-0.05, 0) is 45.0 Å². The lowest BCUT2D eigenvalue weighted by atomic mass is 9.98. The first-order valence-electron chi connectivity index (χ1n) is 6.53. The van der Waals surface area contributed by atoms with Crippen LogP contribution in [0.1, 0.15) is 19.8 Å². The van der Waals surface area contributed by atoms with Gasteiger partial charge in [0.2, 0.25) is 0 Å². The molecule has 0 bridgehead atoms. The molecule has 0 saturated carbocycles. The van der Waals surface area contributed by atoms with E-state index >= 15 is 0 Å². The standard InChI is InChI=1S/C13H21N3O2S/c1-3-18-13(17)11(8-14)12(19-2)16-9-10-4-6-15-7-5-10/h10,15-16H,3-7,9H2,1-2H3/b12-11-. The maximum atomic E-state index is 11.7. The van der Waals surface area contributed by atoms with Crippen molar-refractivity contribution in [3.63, 3.8) is 0 Å². The van der Waals surface area contributed by atoms with E-state index in [1.54, 1.807) is 6.92 Å². The minimum absolute atomic E-state index is 0.0725. The fourth-order valence-corrected chi connectivity index (χ4v) is 2.54. The van der Waals surface area contributed by atoms with E-state index in [-0.39, 0.29) is 12.2 Å². The van der Waals surface area contributed by atoms with Crippen molar-refractivity contribution < 1.29 is 9.53 Å². The van der Waals surface area contributed by atoms with Crippen molar-refractivity contribution in [3.05, 3.63) is 10.6 Å². The van der Waals surface area contributed by atoms with Gasteiger partial charge < -0.3 is 15.4 Å². The Kier molecular flexibility index (Phi) is 7.38. The number of esters is 1. The predicted molar refractivity (Wildman–Crippen MR) is 76.4 cm³/mol. The maximum Gasteiger partial charge on any atom is 0.351 e. The summed E-state index contributed by atoms with van der Waals surface area (Å²) < 4.78 is 4.89. The quantitative estimate of drug-likeness (QED) is 0.434. The van der Waals surface area contributed by atoms with Crippen LogP contribution >= 0.6 is 11.8 Å². The van der Waals surface area contributed by atoms with Gasteiger partial charge >= 0.3 is 5.97 Å². The number of carbonyl (C=O) groups is 1. The second-order valence-corrected chi connectivity index (χ2v) is 5.13. The van der Waals surface area contributed by atoms with Crippen LogP contribution in [0.4, 0.5) is 0 Å². The summed E-state index contributed by atoms with van der Waals surface area (Å²) in [6, 6.07) is 1.93. The van der Waals surface area contributed by atoms with Gasteiger partial charge in [0.1, 0.15) is 6.07 Å². The summed E-state index contributed by atoms with van der Waals surface area (Å²) in [6.07, 6.45) is 4.09.